The number of methoxy groups -OCH3 is 2. The van der Waals surface area contributed by atoms with E-state index in [1.54, 1.807) is 14.2 Å². The minimum atomic E-state index is 0.0212. The molecular weight excluding hydrogens is 414 g/mol. The van der Waals surface area contributed by atoms with E-state index in [2.05, 4.69) is 0 Å². The van der Waals surface area contributed by atoms with Gasteiger partial charge in [-0.2, -0.15) is 0 Å². The lowest BCUT2D eigenvalue weighted by molar-refractivity contribution is -0.119. The Labute approximate surface area is 194 Å². The standard InChI is InChI=1S/C27H29N3O3/c1-19(2)30(21-10-6-5-7-11-21)27(31)18-29-23-13-9-8-12-22(23)28-26(29)17-20-14-15-24(32-3)25(16-20)33-4/h5-16,19H,17-18H2,1-4H3. The third-order valence-electron chi connectivity index (χ3n) is 5.66. The van der Waals surface area contributed by atoms with E-state index in [9.17, 15) is 4.79 Å². The molecule has 0 bridgehead atoms. The van der Waals surface area contributed by atoms with Crippen LogP contribution in [0.1, 0.15) is 25.2 Å². The third kappa shape index (κ3) is 4.70. The quantitative estimate of drug-likeness (QED) is 0.381. The Morgan fingerprint density at radius 3 is 2.33 bits per heavy atom. The zero-order valence-electron chi connectivity index (χ0n) is 19.5. The fraction of sp³-hybridized carbons (Fsp3) is 0.259. The van der Waals surface area contributed by atoms with Crippen molar-refractivity contribution in [1.82, 2.24) is 9.55 Å². The third-order valence-corrected chi connectivity index (χ3v) is 5.66. The molecular formula is C27H29N3O3. The summed E-state index contributed by atoms with van der Waals surface area (Å²) in [7, 11) is 3.25. The lowest BCUT2D eigenvalue weighted by Gasteiger charge is -2.27. The number of hydrogen-bond acceptors (Lipinski definition) is 4. The number of anilines is 1. The molecule has 33 heavy (non-hydrogen) atoms. The average Bonchev–Trinajstić information content (AvgIpc) is 3.16. The van der Waals surface area contributed by atoms with E-state index < -0.39 is 0 Å². The topological polar surface area (TPSA) is 56.6 Å². The van der Waals surface area contributed by atoms with Gasteiger partial charge in [-0.1, -0.05) is 36.4 Å². The first kappa shape index (κ1) is 22.4. The summed E-state index contributed by atoms with van der Waals surface area (Å²) in [4.78, 5) is 20.2. The van der Waals surface area contributed by atoms with E-state index in [0.29, 0.717) is 17.9 Å². The molecule has 0 aliphatic rings. The largest absolute Gasteiger partial charge is 0.493 e. The Morgan fingerprint density at radius 2 is 1.64 bits per heavy atom. The number of ether oxygens (including phenoxy) is 2. The van der Waals surface area contributed by atoms with Crippen molar-refractivity contribution in [3.8, 4) is 11.5 Å². The lowest BCUT2D eigenvalue weighted by Crippen LogP contribution is -2.39. The monoisotopic (exact) mass is 443 g/mol. The summed E-state index contributed by atoms with van der Waals surface area (Å²) in [5.74, 6) is 2.20. The molecule has 4 rings (SSSR count). The fourth-order valence-corrected chi connectivity index (χ4v) is 4.14. The van der Waals surface area contributed by atoms with Crippen molar-refractivity contribution < 1.29 is 14.3 Å². The number of benzene rings is 3. The number of carbonyl (C=O) groups is 1. The minimum absolute atomic E-state index is 0.0212. The van der Waals surface area contributed by atoms with Gasteiger partial charge >= 0.3 is 0 Å². The summed E-state index contributed by atoms with van der Waals surface area (Å²) in [6.07, 6.45) is 0.565. The van der Waals surface area contributed by atoms with Crippen molar-refractivity contribution in [2.45, 2.75) is 32.9 Å². The summed E-state index contributed by atoms with van der Waals surface area (Å²) in [5.41, 5.74) is 3.73. The van der Waals surface area contributed by atoms with Crippen LogP contribution in [0.25, 0.3) is 11.0 Å². The van der Waals surface area contributed by atoms with Crippen LogP contribution in [0.15, 0.2) is 72.8 Å². The molecule has 6 heteroatoms. The first-order valence-electron chi connectivity index (χ1n) is 11.0. The average molecular weight is 444 g/mol. The van der Waals surface area contributed by atoms with Crippen LogP contribution in [-0.4, -0.2) is 35.7 Å². The Morgan fingerprint density at radius 1 is 0.939 bits per heavy atom. The molecule has 170 valence electrons. The SMILES string of the molecule is COc1ccc(Cc2nc3ccccc3n2CC(=O)N(c2ccccc2)C(C)C)cc1OC. The number of carbonyl (C=O) groups excluding carboxylic acids is 1. The maximum absolute atomic E-state index is 13.5. The van der Waals surface area contributed by atoms with Gasteiger partial charge in [0, 0.05) is 18.2 Å². The number of nitrogens with zero attached hydrogens (tertiary/aromatic N) is 3. The highest BCUT2D eigenvalue weighted by atomic mass is 16.5. The predicted molar refractivity (Wildman–Crippen MR) is 131 cm³/mol. The zero-order valence-corrected chi connectivity index (χ0v) is 19.5. The molecule has 3 aromatic carbocycles. The Kier molecular flexibility index (Phi) is 6.63. The van der Waals surface area contributed by atoms with E-state index in [0.717, 1.165) is 28.1 Å². The van der Waals surface area contributed by atoms with Gasteiger partial charge in [0.2, 0.25) is 5.91 Å². The molecule has 4 aromatic rings. The molecule has 0 spiro atoms. The van der Waals surface area contributed by atoms with Crippen molar-refractivity contribution in [2.24, 2.45) is 0 Å². The minimum Gasteiger partial charge on any atom is -0.493 e. The molecule has 1 aromatic heterocycles. The van der Waals surface area contributed by atoms with E-state index in [-0.39, 0.29) is 18.5 Å². The van der Waals surface area contributed by atoms with Crippen LogP contribution in [0.2, 0.25) is 0 Å². The number of fused-ring (bicyclic) bond motifs is 1. The summed E-state index contributed by atoms with van der Waals surface area (Å²) in [6.45, 7) is 4.26. The van der Waals surface area contributed by atoms with Crippen molar-refractivity contribution in [1.29, 1.82) is 0 Å². The number of para-hydroxylation sites is 3. The van der Waals surface area contributed by atoms with Gasteiger partial charge in [0.1, 0.15) is 12.4 Å². The van der Waals surface area contributed by atoms with Gasteiger partial charge in [-0.05, 0) is 55.8 Å². The smallest absolute Gasteiger partial charge is 0.247 e. The highest BCUT2D eigenvalue weighted by molar-refractivity contribution is 5.94. The molecule has 1 amide bonds. The van der Waals surface area contributed by atoms with Gasteiger partial charge in [-0.25, -0.2) is 4.98 Å². The Bertz CT molecular complexity index is 1250. The molecule has 0 N–H and O–H groups in total. The first-order chi connectivity index (χ1) is 16.0. The molecule has 1 heterocycles. The van der Waals surface area contributed by atoms with E-state index in [4.69, 9.17) is 14.5 Å². The van der Waals surface area contributed by atoms with Gasteiger partial charge in [0.25, 0.3) is 0 Å². The van der Waals surface area contributed by atoms with E-state index >= 15 is 0 Å². The van der Waals surface area contributed by atoms with Gasteiger partial charge in [0.05, 0.1) is 25.3 Å². The zero-order chi connectivity index (χ0) is 23.4. The van der Waals surface area contributed by atoms with Crippen molar-refractivity contribution in [3.05, 3.63) is 84.2 Å². The molecule has 0 aliphatic carbocycles. The molecule has 0 saturated heterocycles. The van der Waals surface area contributed by atoms with Crippen molar-refractivity contribution >= 4 is 22.6 Å². The summed E-state index contributed by atoms with van der Waals surface area (Å²) < 4.78 is 12.8. The van der Waals surface area contributed by atoms with Crippen LogP contribution < -0.4 is 14.4 Å². The summed E-state index contributed by atoms with van der Waals surface area (Å²) in [5, 5.41) is 0. The predicted octanol–water partition coefficient (Wildman–Crippen LogP) is 5.09. The second kappa shape index (κ2) is 9.77. The Balaban J connectivity index is 1.70. The fourth-order valence-electron chi connectivity index (χ4n) is 4.14. The second-order valence-electron chi connectivity index (χ2n) is 8.16. The van der Waals surface area contributed by atoms with Gasteiger partial charge in [-0.3, -0.25) is 4.79 Å². The molecule has 0 unspecified atom stereocenters. The highest BCUT2D eigenvalue weighted by Crippen LogP contribution is 2.29. The van der Waals surface area contributed by atoms with Crippen LogP contribution in [-0.2, 0) is 17.8 Å². The molecule has 0 fully saturated rings. The second-order valence-corrected chi connectivity index (χ2v) is 8.16. The van der Waals surface area contributed by atoms with Gasteiger partial charge < -0.3 is 18.9 Å². The van der Waals surface area contributed by atoms with Gasteiger partial charge in [0.15, 0.2) is 11.5 Å². The molecule has 0 radical (unpaired) electrons. The van der Waals surface area contributed by atoms with Crippen LogP contribution in [0.4, 0.5) is 5.69 Å². The molecule has 0 atom stereocenters. The molecule has 0 saturated carbocycles. The summed E-state index contributed by atoms with van der Waals surface area (Å²) >= 11 is 0. The summed E-state index contributed by atoms with van der Waals surface area (Å²) in [6, 6.07) is 23.6. The Hall–Kier alpha value is -3.80. The maximum atomic E-state index is 13.5. The molecule has 6 nitrogen and oxygen atoms in total. The van der Waals surface area contributed by atoms with Crippen LogP contribution >= 0.6 is 0 Å². The van der Waals surface area contributed by atoms with Gasteiger partial charge in [-0.15, -0.1) is 0 Å². The number of hydrogen-bond donors (Lipinski definition) is 0. The lowest BCUT2D eigenvalue weighted by atomic mass is 10.1. The van der Waals surface area contributed by atoms with Crippen molar-refractivity contribution in [3.63, 3.8) is 0 Å². The van der Waals surface area contributed by atoms with E-state index in [1.165, 1.54) is 0 Å². The molecule has 0 aliphatic heterocycles. The first-order valence-corrected chi connectivity index (χ1v) is 11.0. The highest BCUT2D eigenvalue weighted by Gasteiger charge is 2.22. The van der Waals surface area contributed by atoms with Crippen LogP contribution in [0.3, 0.4) is 0 Å². The normalized spacial score (nSPS) is 11.1. The van der Waals surface area contributed by atoms with Crippen LogP contribution in [0, 0.1) is 0 Å². The number of rotatable bonds is 8. The van der Waals surface area contributed by atoms with Crippen molar-refractivity contribution in [2.75, 3.05) is 19.1 Å². The van der Waals surface area contributed by atoms with E-state index in [1.807, 2.05) is 96.1 Å². The number of amides is 1. The number of aromatic nitrogens is 2. The van der Waals surface area contributed by atoms with Crippen LogP contribution in [0.5, 0.6) is 11.5 Å². The number of imidazole rings is 1. The maximum Gasteiger partial charge on any atom is 0.247 e.